The van der Waals surface area contributed by atoms with Crippen LogP contribution in [-0.4, -0.2) is 17.9 Å². The molecule has 0 saturated carbocycles. The number of Topliss-reactive ketones (excluding diaryl/α,β-unsaturated/α-hetero) is 1. The average molecular weight is 183 g/mol. The zero-order valence-electron chi connectivity index (χ0n) is 9.02. The Labute approximate surface area is 81.1 Å². The zero-order valence-corrected chi connectivity index (χ0v) is 9.02. The monoisotopic (exact) mass is 183 g/mol. The van der Waals surface area contributed by atoms with Gasteiger partial charge in [-0.05, 0) is 19.3 Å². The van der Waals surface area contributed by atoms with Gasteiger partial charge in [0, 0.05) is 24.4 Å². The Kier molecular flexibility index (Phi) is 3.48. The summed E-state index contributed by atoms with van der Waals surface area (Å²) >= 11 is 0. The Balaban J connectivity index is 2.63. The van der Waals surface area contributed by atoms with E-state index >= 15 is 0 Å². The summed E-state index contributed by atoms with van der Waals surface area (Å²) in [5, 5.41) is 3.54. The maximum Gasteiger partial charge on any atom is 0.139 e. The van der Waals surface area contributed by atoms with Crippen LogP contribution in [0.3, 0.4) is 0 Å². The van der Waals surface area contributed by atoms with Crippen LogP contribution < -0.4 is 5.32 Å². The van der Waals surface area contributed by atoms with Gasteiger partial charge in [0.05, 0.1) is 0 Å². The number of nitrogens with one attached hydrogen (secondary N) is 1. The molecule has 1 atom stereocenters. The molecule has 1 saturated heterocycles. The summed E-state index contributed by atoms with van der Waals surface area (Å²) in [4.78, 5) is 11.7. The third-order valence-electron chi connectivity index (χ3n) is 3.54. The second-order valence-corrected chi connectivity index (χ2v) is 4.12. The van der Waals surface area contributed by atoms with Crippen molar-refractivity contribution < 1.29 is 4.79 Å². The molecule has 2 heteroatoms. The van der Waals surface area contributed by atoms with Crippen molar-refractivity contribution in [1.29, 1.82) is 0 Å². The summed E-state index contributed by atoms with van der Waals surface area (Å²) < 4.78 is 0. The lowest BCUT2D eigenvalue weighted by Crippen LogP contribution is -2.54. The van der Waals surface area contributed by atoms with Crippen LogP contribution in [0, 0.1) is 5.92 Å². The summed E-state index contributed by atoms with van der Waals surface area (Å²) in [6, 6.07) is 0. The SMILES string of the molecule is CCC1CNC(CC)(CC)CC1=O. The van der Waals surface area contributed by atoms with Crippen LogP contribution in [0.2, 0.25) is 0 Å². The van der Waals surface area contributed by atoms with Gasteiger partial charge in [-0.25, -0.2) is 0 Å². The van der Waals surface area contributed by atoms with Gasteiger partial charge < -0.3 is 5.32 Å². The highest BCUT2D eigenvalue weighted by molar-refractivity contribution is 5.83. The van der Waals surface area contributed by atoms with Gasteiger partial charge >= 0.3 is 0 Å². The number of hydrogen-bond acceptors (Lipinski definition) is 2. The van der Waals surface area contributed by atoms with E-state index in [1.165, 1.54) is 0 Å². The van der Waals surface area contributed by atoms with Crippen molar-refractivity contribution in [3.63, 3.8) is 0 Å². The van der Waals surface area contributed by atoms with E-state index in [4.69, 9.17) is 0 Å². The molecule has 0 aromatic heterocycles. The predicted octanol–water partition coefficient (Wildman–Crippen LogP) is 2.13. The zero-order chi connectivity index (χ0) is 9.90. The van der Waals surface area contributed by atoms with Crippen LogP contribution in [0.5, 0.6) is 0 Å². The number of carbonyl (C=O) groups excluding carboxylic acids is 1. The Morgan fingerprint density at radius 3 is 2.38 bits per heavy atom. The number of carbonyl (C=O) groups is 1. The summed E-state index contributed by atoms with van der Waals surface area (Å²) in [6.07, 6.45) is 3.84. The van der Waals surface area contributed by atoms with E-state index in [0.717, 1.165) is 32.2 Å². The molecule has 1 rings (SSSR count). The fourth-order valence-electron chi connectivity index (χ4n) is 2.12. The van der Waals surface area contributed by atoms with E-state index in [1.807, 2.05) is 0 Å². The van der Waals surface area contributed by atoms with Crippen molar-refractivity contribution in [2.24, 2.45) is 5.92 Å². The molecule has 0 bridgehead atoms. The average Bonchev–Trinajstić information content (AvgIpc) is 2.17. The molecular formula is C11H21NO. The fourth-order valence-corrected chi connectivity index (χ4v) is 2.12. The molecular weight excluding hydrogens is 162 g/mol. The highest BCUT2D eigenvalue weighted by Gasteiger charge is 2.36. The molecule has 0 aliphatic carbocycles. The highest BCUT2D eigenvalue weighted by atomic mass is 16.1. The van der Waals surface area contributed by atoms with Crippen molar-refractivity contribution in [1.82, 2.24) is 5.32 Å². The van der Waals surface area contributed by atoms with Crippen LogP contribution >= 0.6 is 0 Å². The molecule has 13 heavy (non-hydrogen) atoms. The number of ketones is 1. The summed E-state index contributed by atoms with van der Waals surface area (Å²) in [5.74, 6) is 0.733. The Bertz CT molecular complexity index is 185. The van der Waals surface area contributed by atoms with Crippen LogP contribution in [0.1, 0.15) is 46.5 Å². The largest absolute Gasteiger partial charge is 0.310 e. The first kappa shape index (κ1) is 10.7. The Hall–Kier alpha value is -0.370. The van der Waals surface area contributed by atoms with Crippen LogP contribution in [-0.2, 0) is 4.79 Å². The molecule has 0 radical (unpaired) electrons. The van der Waals surface area contributed by atoms with E-state index in [-0.39, 0.29) is 11.5 Å². The molecule has 0 aromatic rings. The molecule has 1 aliphatic rings. The second kappa shape index (κ2) is 4.23. The maximum absolute atomic E-state index is 11.7. The molecule has 1 unspecified atom stereocenters. The molecule has 1 N–H and O–H groups in total. The molecule has 0 amide bonds. The lowest BCUT2D eigenvalue weighted by Gasteiger charge is -2.39. The number of rotatable bonds is 3. The minimum absolute atomic E-state index is 0.114. The fraction of sp³-hybridized carbons (Fsp3) is 0.909. The lowest BCUT2D eigenvalue weighted by atomic mass is 9.79. The predicted molar refractivity (Wildman–Crippen MR) is 54.7 cm³/mol. The van der Waals surface area contributed by atoms with Crippen molar-refractivity contribution in [2.75, 3.05) is 6.54 Å². The summed E-state index contributed by atoms with van der Waals surface area (Å²) in [7, 11) is 0. The number of hydrogen-bond donors (Lipinski definition) is 1. The van der Waals surface area contributed by atoms with Gasteiger partial charge in [-0.1, -0.05) is 20.8 Å². The van der Waals surface area contributed by atoms with Gasteiger partial charge in [-0.3, -0.25) is 4.79 Å². The molecule has 2 nitrogen and oxygen atoms in total. The van der Waals surface area contributed by atoms with Crippen molar-refractivity contribution in [3.8, 4) is 0 Å². The minimum Gasteiger partial charge on any atom is -0.310 e. The molecule has 1 fully saturated rings. The third-order valence-corrected chi connectivity index (χ3v) is 3.54. The normalized spacial score (nSPS) is 27.6. The first-order valence-corrected chi connectivity index (χ1v) is 5.45. The van der Waals surface area contributed by atoms with Gasteiger partial charge in [0.15, 0.2) is 0 Å². The molecule has 76 valence electrons. The topological polar surface area (TPSA) is 29.1 Å². The van der Waals surface area contributed by atoms with Gasteiger partial charge in [0.1, 0.15) is 5.78 Å². The quantitative estimate of drug-likeness (QED) is 0.726. The van der Waals surface area contributed by atoms with Gasteiger partial charge in [-0.2, -0.15) is 0 Å². The summed E-state index contributed by atoms with van der Waals surface area (Å²) in [5.41, 5.74) is 0.114. The highest BCUT2D eigenvalue weighted by Crippen LogP contribution is 2.27. The van der Waals surface area contributed by atoms with E-state index < -0.39 is 0 Å². The lowest BCUT2D eigenvalue weighted by molar-refractivity contribution is -0.126. The van der Waals surface area contributed by atoms with Crippen LogP contribution in [0.4, 0.5) is 0 Å². The van der Waals surface area contributed by atoms with E-state index in [1.54, 1.807) is 0 Å². The maximum atomic E-state index is 11.7. The first-order valence-electron chi connectivity index (χ1n) is 5.45. The molecule has 1 aliphatic heterocycles. The summed E-state index contributed by atoms with van der Waals surface area (Å²) in [6.45, 7) is 7.30. The Morgan fingerprint density at radius 2 is 2.00 bits per heavy atom. The van der Waals surface area contributed by atoms with Crippen molar-refractivity contribution in [3.05, 3.63) is 0 Å². The van der Waals surface area contributed by atoms with Gasteiger partial charge in [0.25, 0.3) is 0 Å². The van der Waals surface area contributed by atoms with Gasteiger partial charge in [0.2, 0.25) is 0 Å². The number of piperidine rings is 1. The Morgan fingerprint density at radius 1 is 1.38 bits per heavy atom. The first-order chi connectivity index (χ1) is 6.17. The molecule has 0 spiro atoms. The van der Waals surface area contributed by atoms with E-state index in [9.17, 15) is 4.79 Å². The van der Waals surface area contributed by atoms with E-state index in [0.29, 0.717) is 5.78 Å². The minimum atomic E-state index is 0.114. The third kappa shape index (κ3) is 2.11. The molecule has 1 heterocycles. The smallest absolute Gasteiger partial charge is 0.139 e. The van der Waals surface area contributed by atoms with Crippen LogP contribution in [0.25, 0.3) is 0 Å². The second-order valence-electron chi connectivity index (χ2n) is 4.12. The standard InChI is InChI=1S/C11H21NO/c1-4-9-8-12-11(5-2,6-3)7-10(9)13/h9,12H,4-8H2,1-3H3. The molecule has 0 aromatic carbocycles. The van der Waals surface area contributed by atoms with Gasteiger partial charge in [-0.15, -0.1) is 0 Å². The van der Waals surface area contributed by atoms with E-state index in [2.05, 4.69) is 26.1 Å². The van der Waals surface area contributed by atoms with Crippen molar-refractivity contribution >= 4 is 5.78 Å². The van der Waals surface area contributed by atoms with Crippen molar-refractivity contribution in [2.45, 2.75) is 52.0 Å². The van der Waals surface area contributed by atoms with Crippen LogP contribution in [0.15, 0.2) is 0 Å².